The van der Waals surface area contributed by atoms with Gasteiger partial charge in [0.1, 0.15) is 12.4 Å². The fraction of sp³-hybridized carbons (Fsp3) is 0.238. The summed E-state index contributed by atoms with van der Waals surface area (Å²) < 4.78 is 11.3. The highest BCUT2D eigenvalue weighted by Gasteiger charge is 2.16. The molecule has 4 rings (SSSR count). The standard InChI is InChI=1S/C21H20N2O3/c24-21(23-20-10-2-9-19-18(20)8-3-11-22-19)15-5-1-6-16(13-15)26-14-17-7-4-12-25-17/h1-3,5-6,8-11,13,17H,4,7,12,14H2,(H,23,24). The summed E-state index contributed by atoms with van der Waals surface area (Å²) >= 11 is 0. The molecule has 0 spiro atoms. The summed E-state index contributed by atoms with van der Waals surface area (Å²) in [6.07, 6.45) is 3.99. The predicted molar refractivity (Wildman–Crippen MR) is 101 cm³/mol. The van der Waals surface area contributed by atoms with E-state index in [-0.39, 0.29) is 12.0 Å². The number of nitrogens with zero attached hydrogens (tertiary/aromatic N) is 1. The zero-order valence-electron chi connectivity index (χ0n) is 14.4. The minimum absolute atomic E-state index is 0.149. The van der Waals surface area contributed by atoms with E-state index >= 15 is 0 Å². The molecule has 1 unspecified atom stereocenters. The van der Waals surface area contributed by atoms with Crippen LogP contribution in [-0.4, -0.2) is 30.2 Å². The molecule has 0 saturated carbocycles. The largest absolute Gasteiger partial charge is 0.491 e. The van der Waals surface area contributed by atoms with Gasteiger partial charge in [-0.1, -0.05) is 12.1 Å². The third-order valence-corrected chi connectivity index (χ3v) is 4.45. The molecule has 2 heterocycles. The summed E-state index contributed by atoms with van der Waals surface area (Å²) in [5, 5.41) is 3.88. The summed E-state index contributed by atoms with van der Waals surface area (Å²) in [6, 6.07) is 16.7. The topological polar surface area (TPSA) is 60.5 Å². The van der Waals surface area contributed by atoms with Crippen molar-refractivity contribution in [3.05, 3.63) is 66.4 Å². The molecular weight excluding hydrogens is 328 g/mol. The molecular formula is C21H20N2O3. The molecule has 0 radical (unpaired) electrons. The number of aromatic nitrogens is 1. The molecule has 0 bridgehead atoms. The molecule has 3 aromatic rings. The van der Waals surface area contributed by atoms with Crippen molar-refractivity contribution < 1.29 is 14.3 Å². The van der Waals surface area contributed by atoms with Gasteiger partial charge < -0.3 is 14.8 Å². The van der Waals surface area contributed by atoms with Crippen molar-refractivity contribution in [1.29, 1.82) is 0 Å². The van der Waals surface area contributed by atoms with Crippen LogP contribution in [-0.2, 0) is 4.74 Å². The van der Waals surface area contributed by atoms with E-state index in [1.807, 2.05) is 42.5 Å². The van der Waals surface area contributed by atoms with Crippen molar-refractivity contribution >= 4 is 22.5 Å². The van der Waals surface area contributed by atoms with Crippen LogP contribution in [0.15, 0.2) is 60.8 Å². The number of hydrogen-bond donors (Lipinski definition) is 1. The molecule has 1 atom stereocenters. The van der Waals surface area contributed by atoms with Gasteiger partial charge in [0.2, 0.25) is 0 Å². The van der Waals surface area contributed by atoms with E-state index in [2.05, 4.69) is 10.3 Å². The molecule has 1 amide bonds. The van der Waals surface area contributed by atoms with Crippen LogP contribution in [0.3, 0.4) is 0 Å². The van der Waals surface area contributed by atoms with Gasteiger partial charge in [-0.3, -0.25) is 9.78 Å². The molecule has 1 fully saturated rings. The zero-order chi connectivity index (χ0) is 17.8. The summed E-state index contributed by atoms with van der Waals surface area (Å²) in [6.45, 7) is 1.32. The Bertz CT molecular complexity index is 915. The number of benzene rings is 2. The molecule has 0 aliphatic carbocycles. The third kappa shape index (κ3) is 3.68. The lowest BCUT2D eigenvalue weighted by atomic mass is 10.1. The second kappa shape index (κ2) is 7.54. The highest BCUT2D eigenvalue weighted by atomic mass is 16.5. The number of nitrogens with one attached hydrogen (secondary N) is 1. The van der Waals surface area contributed by atoms with Gasteiger partial charge in [0, 0.05) is 23.8 Å². The summed E-state index contributed by atoms with van der Waals surface area (Å²) in [5.41, 5.74) is 2.14. The van der Waals surface area contributed by atoms with Gasteiger partial charge in [0.25, 0.3) is 5.91 Å². The lowest BCUT2D eigenvalue weighted by molar-refractivity contribution is 0.0679. The lowest BCUT2D eigenvalue weighted by Crippen LogP contribution is -2.17. The van der Waals surface area contributed by atoms with Crippen LogP contribution in [0.2, 0.25) is 0 Å². The van der Waals surface area contributed by atoms with Crippen molar-refractivity contribution in [3.63, 3.8) is 0 Å². The number of carbonyl (C=O) groups excluding carboxylic acids is 1. The second-order valence-electron chi connectivity index (χ2n) is 6.30. The molecule has 1 saturated heterocycles. The van der Waals surface area contributed by atoms with Crippen molar-refractivity contribution in [1.82, 2.24) is 4.98 Å². The number of carbonyl (C=O) groups is 1. The number of hydrogen-bond acceptors (Lipinski definition) is 4. The monoisotopic (exact) mass is 348 g/mol. The van der Waals surface area contributed by atoms with Crippen LogP contribution in [0.5, 0.6) is 5.75 Å². The maximum absolute atomic E-state index is 12.7. The Hall–Kier alpha value is -2.92. The molecule has 5 nitrogen and oxygen atoms in total. The van der Waals surface area contributed by atoms with Crippen LogP contribution in [0.4, 0.5) is 5.69 Å². The van der Waals surface area contributed by atoms with E-state index in [9.17, 15) is 4.79 Å². The third-order valence-electron chi connectivity index (χ3n) is 4.45. The van der Waals surface area contributed by atoms with E-state index in [4.69, 9.17) is 9.47 Å². The first-order valence-corrected chi connectivity index (χ1v) is 8.79. The Labute approximate surface area is 152 Å². The van der Waals surface area contributed by atoms with E-state index in [0.29, 0.717) is 17.9 Å². The van der Waals surface area contributed by atoms with E-state index in [1.54, 1.807) is 18.3 Å². The van der Waals surface area contributed by atoms with Crippen LogP contribution in [0, 0.1) is 0 Å². The molecule has 1 aliphatic heterocycles. The maximum Gasteiger partial charge on any atom is 0.255 e. The van der Waals surface area contributed by atoms with Crippen LogP contribution in [0.25, 0.3) is 10.9 Å². The number of amides is 1. The van der Waals surface area contributed by atoms with Crippen molar-refractivity contribution in [2.45, 2.75) is 18.9 Å². The van der Waals surface area contributed by atoms with Gasteiger partial charge in [-0.2, -0.15) is 0 Å². The second-order valence-corrected chi connectivity index (χ2v) is 6.30. The van der Waals surface area contributed by atoms with Crippen molar-refractivity contribution in [2.24, 2.45) is 0 Å². The normalized spacial score (nSPS) is 16.5. The quantitative estimate of drug-likeness (QED) is 0.756. The first-order chi connectivity index (χ1) is 12.8. The lowest BCUT2D eigenvalue weighted by Gasteiger charge is -2.12. The molecule has 2 aromatic carbocycles. The average molecular weight is 348 g/mol. The SMILES string of the molecule is O=C(Nc1cccc2ncccc12)c1cccc(OCC2CCCO2)c1. The number of fused-ring (bicyclic) bond motifs is 1. The highest BCUT2D eigenvalue weighted by Crippen LogP contribution is 2.23. The highest BCUT2D eigenvalue weighted by molar-refractivity contribution is 6.08. The van der Waals surface area contributed by atoms with Crippen LogP contribution in [0.1, 0.15) is 23.2 Å². The maximum atomic E-state index is 12.7. The minimum atomic E-state index is -0.177. The van der Waals surface area contributed by atoms with E-state index in [1.165, 1.54) is 0 Å². The minimum Gasteiger partial charge on any atom is -0.491 e. The first kappa shape index (κ1) is 16.5. The Morgan fingerprint density at radius 2 is 2.12 bits per heavy atom. The van der Waals surface area contributed by atoms with Gasteiger partial charge in [-0.15, -0.1) is 0 Å². The fourth-order valence-corrected chi connectivity index (χ4v) is 3.10. The molecule has 1 aliphatic rings. The number of ether oxygens (including phenoxy) is 2. The first-order valence-electron chi connectivity index (χ1n) is 8.79. The van der Waals surface area contributed by atoms with Gasteiger partial charge >= 0.3 is 0 Å². The Kier molecular flexibility index (Phi) is 4.80. The number of anilines is 1. The average Bonchev–Trinajstić information content (AvgIpc) is 3.20. The summed E-state index contributed by atoms with van der Waals surface area (Å²) in [5.74, 6) is 0.497. The fourth-order valence-electron chi connectivity index (χ4n) is 3.10. The molecule has 26 heavy (non-hydrogen) atoms. The van der Waals surface area contributed by atoms with Crippen molar-refractivity contribution in [2.75, 3.05) is 18.5 Å². The van der Waals surface area contributed by atoms with Gasteiger partial charge in [-0.05, 0) is 55.3 Å². The predicted octanol–water partition coefficient (Wildman–Crippen LogP) is 4.04. The number of pyridine rings is 1. The van der Waals surface area contributed by atoms with Crippen molar-refractivity contribution in [3.8, 4) is 5.75 Å². The Balaban J connectivity index is 1.48. The smallest absolute Gasteiger partial charge is 0.255 e. The van der Waals surface area contributed by atoms with Crippen LogP contribution >= 0.6 is 0 Å². The zero-order valence-corrected chi connectivity index (χ0v) is 14.4. The Morgan fingerprint density at radius 3 is 3.00 bits per heavy atom. The van der Waals surface area contributed by atoms with Crippen LogP contribution < -0.4 is 10.1 Å². The molecule has 1 N–H and O–H groups in total. The molecule has 132 valence electrons. The van der Waals surface area contributed by atoms with E-state index in [0.717, 1.165) is 36.0 Å². The Morgan fingerprint density at radius 1 is 1.19 bits per heavy atom. The molecule has 1 aromatic heterocycles. The summed E-state index contributed by atoms with van der Waals surface area (Å²) in [7, 11) is 0. The summed E-state index contributed by atoms with van der Waals surface area (Å²) in [4.78, 5) is 17.0. The van der Waals surface area contributed by atoms with Gasteiger partial charge in [0.05, 0.1) is 17.3 Å². The number of rotatable bonds is 5. The van der Waals surface area contributed by atoms with Gasteiger partial charge in [-0.25, -0.2) is 0 Å². The van der Waals surface area contributed by atoms with Gasteiger partial charge in [0.15, 0.2) is 0 Å². The van der Waals surface area contributed by atoms with E-state index < -0.39 is 0 Å². The molecule has 5 heteroatoms.